The van der Waals surface area contributed by atoms with Crippen molar-refractivity contribution < 1.29 is 14.3 Å². The van der Waals surface area contributed by atoms with Crippen molar-refractivity contribution in [2.24, 2.45) is 5.92 Å². The maximum Gasteiger partial charge on any atom is 0.228 e. The van der Waals surface area contributed by atoms with Crippen molar-refractivity contribution in [3.63, 3.8) is 0 Å². The lowest BCUT2D eigenvalue weighted by Crippen LogP contribution is -2.54. The van der Waals surface area contributed by atoms with E-state index in [9.17, 15) is 9.59 Å². The molecule has 0 N–H and O–H groups in total. The normalized spacial score (nSPS) is 23.1. The number of carbonyl (C=O) groups excluding carboxylic acids is 2. The van der Waals surface area contributed by atoms with Gasteiger partial charge in [-0.2, -0.15) is 0 Å². The molecule has 6 heteroatoms. The van der Waals surface area contributed by atoms with E-state index >= 15 is 0 Å². The fourth-order valence-electron chi connectivity index (χ4n) is 3.75. The van der Waals surface area contributed by atoms with Gasteiger partial charge in [0.1, 0.15) is 0 Å². The highest BCUT2D eigenvalue weighted by Crippen LogP contribution is 2.28. The standard InChI is InChI=1S/C19H27N3O3/c1-3-19(4-2)14-21(9-10-25-19)18(24)15-11-17(23)22(12-15)13-16-7-5-6-8-20-16/h5-8,15H,3-4,9-14H2,1-2H3. The van der Waals surface area contributed by atoms with E-state index in [2.05, 4.69) is 18.8 Å². The van der Waals surface area contributed by atoms with Gasteiger partial charge < -0.3 is 14.5 Å². The summed E-state index contributed by atoms with van der Waals surface area (Å²) >= 11 is 0. The minimum Gasteiger partial charge on any atom is -0.371 e. The second kappa shape index (κ2) is 7.52. The summed E-state index contributed by atoms with van der Waals surface area (Å²) in [5, 5.41) is 0. The molecule has 1 aromatic heterocycles. The highest BCUT2D eigenvalue weighted by atomic mass is 16.5. The number of nitrogens with zero attached hydrogens (tertiary/aromatic N) is 3. The molecule has 0 saturated carbocycles. The molecule has 2 saturated heterocycles. The van der Waals surface area contributed by atoms with Gasteiger partial charge in [0.25, 0.3) is 0 Å². The van der Waals surface area contributed by atoms with E-state index in [0.717, 1.165) is 18.5 Å². The molecule has 1 atom stereocenters. The van der Waals surface area contributed by atoms with Crippen molar-refractivity contribution >= 4 is 11.8 Å². The van der Waals surface area contributed by atoms with Gasteiger partial charge in [-0.15, -0.1) is 0 Å². The van der Waals surface area contributed by atoms with Crippen molar-refractivity contribution in [1.29, 1.82) is 0 Å². The van der Waals surface area contributed by atoms with Crippen molar-refractivity contribution in [2.45, 2.75) is 45.3 Å². The third kappa shape index (κ3) is 3.84. The van der Waals surface area contributed by atoms with Gasteiger partial charge in [0.15, 0.2) is 0 Å². The lowest BCUT2D eigenvalue weighted by atomic mass is 9.94. The molecular weight excluding hydrogens is 318 g/mol. The third-order valence-corrected chi connectivity index (χ3v) is 5.49. The van der Waals surface area contributed by atoms with Gasteiger partial charge in [-0.25, -0.2) is 0 Å². The SMILES string of the molecule is CCC1(CC)CN(C(=O)C2CC(=O)N(Cc3ccccn3)C2)CCO1. The van der Waals surface area contributed by atoms with E-state index in [1.54, 1.807) is 11.1 Å². The molecule has 0 aromatic carbocycles. The molecule has 1 aromatic rings. The highest BCUT2D eigenvalue weighted by molar-refractivity contribution is 5.89. The van der Waals surface area contributed by atoms with E-state index in [1.165, 1.54) is 0 Å². The molecule has 2 fully saturated rings. The summed E-state index contributed by atoms with van der Waals surface area (Å²) in [6.45, 7) is 6.98. The molecule has 0 radical (unpaired) electrons. The van der Waals surface area contributed by atoms with Crippen LogP contribution in [0.2, 0.25) is 0 Å². The zero-order valence-electron chi connectivity index (χ0n) is 15.1. The first kappa shape index (κ1) is 17.9. The second-order valence-electron chi connectivity index (χ2n) is 6.99. The molecule has 3 rings (SSSR count). The number of likely N-dealkylation sites (tertiary alicyclic amines) is 1. The molecule has 6 nitrogen and oxygen atoms in total. The van der Waals surface area contributed by atoms with Crippen molar-refractivity contribution in [3.05, 3.63) is 30.1 Å². The lowest BCUT2D eigenvalue weighted by molar-refractivity contribution is -0.155. The number of ether oxygens (including phenoxy) is 1. The molecule has 0 aliphatic carbocycles. The lowest BCUT2D eigenvalue weighted by Gasteiger charge is -2.42. The smallest absolute Gasteiger partial charge is 0.228 e. The predicted molar refractivity (Wildman–Crippen MR) is 93.6 cm³/mol. The van der Waals surface area contributed by atoms with Gasteiger partial charge in [0.05, 0.1) is 30.4 Å². The van der Waals surface area contributed by atoms with Crippen LogP contribution in [0.3, 0.4) is 0 Å². The van der Waals surface area contributed by atoms with E-state index in [-0.39, 0.29) is 23.3 Å². The van der Waals surface area contributed by atoms with Gasteiger partial charge in [-0.1, -0.05) is 19.9 Å². The number of hydrogen-bond donors (Lipinski definition) is 0. The van der Waals surface area contributed by atoms with Gasteiger partial charge in [-0.3, -0.25) is 14.6 Å². The van der Waals surface area contributed by atoms with Gasteiger partial charge in [-0.05, 0) is 25.0 Å². The van der Waals surface area contributed by atoms with E-state index in [4.69, 9.17) is 4.74 Å². The first-order chi connectivity index (χ1) is 12.1. The number of pyridine rings is 1. The Morgan fingerprint density at radius 2 is 2.16 bits per heavy atom. The van der Waals surface area contributed by atoms with Crippen LogP contribution in [0, 0.1) is 5.92 Å². The number of amides is 2. The maximum atomic E-state index is 12.9. The van der Waals surface area contributed by atoms with Gasteiger partial charge in [0.2, 0.25) is 11.8 Å². The Morgan fingerprint density at radius 3 is 2.84 bits per heavy atom. The maximum absolute atomic E-state index is 12.9. The molecule has 0 spiro atoms. The van der Waals surface area contributed by atoms with Gasteiger partial charge in [0, 0.05) is 32.3 Å². The van der Waals surface area contributed by atoms with Crippen LogP contribution < -0.4 is 0 Å². The van der Waals surface area contributed by atoms with Crippen LogP contribution in [0.5, 0.6) is 0 Å². The molecule has 2 aliphatic heterocycles. The number of aromatic nitrogens is 1. The summed E-state index contributed by atoms with van der Waals surface area (Å²) in [7, 11) is 0. The molecule has 0 bridgehead atoms. The summed E-state index contributed by atoms with van der Waals surface area (Å²) < 4.78 is 5.95. The summed E-state index contributed by atoms with van der Waals surface area (Å²) in [5.74, 6) is -0.123. The second-order valence-corrected chi connectivity index (χ2v) is 6.99. The average Bonchev–Trinajstić information content (AvgIpc) is 3.02. The molecule has 2 aliphatic rings. The first-order valence-electron chi connectivity index (χ1n) is 9.17. The Morgan fingerprint density at radius 1 is 1.36 bits per heavy atom. The van der Waals surface area contributed by atoms with Crippen molar-refractivity contribution in [2.75, 3.05) is 26.2 Å². The van der Waals surface area contributed by atoms with Crippen LogP contribution in [-0.2, 0) is 20.9 Å². The molecule has 2 amide bonds. The monoisotopic (exact) mass is 345 g/mol. The largest absolute Gasteiger partial charge is 0.371 e. The van der Waals surface area contributed by atoms with E-state index < -0.39 is 0 Å². The van der Waals surface area contributed by atoms with Crippen LogP contribution in [0.25, 0.3) is 0 Å². The molecule has 1 unspecified atom stereocenters. The Kier molecular flexibility index (Phi) is 5.37. The number of morpholine rings is 1. The molecule has 25 heavy (non-hydrogen) atoms. The van der Waals surface area contributed by atoms with Gasteiger partial charge >= 0.3 is 0 Å². The first-order valence-corrected chi connectivity index (χ1v) is 9.17. The van der Waals surface area contributed by atoms with Crippen molar-refractivity contribution in [1.82, 2.24) is 14.8 Å². The van der Waals surface area contributed by atoms with Crippen LogP contribution in [0.15, 0.2) is 24.4 Å². The van der Waals surface area contributed by atoms with E-state index in [0.29, 0.717) is 39.2 Å². The van der Waals surface area contributed by atoms with Crippen LogP contribution in [0.4, 0.5) is 0 Å². The summed E-state index contributed by atoms with van der Waals surface area (Å²) in [6.07, 6.45) is 3.81. The van der Waals surface area contributed by atoms with Crippen LogP contribution >= 0.6 is 0 Å². The van der Waals surface area contributed by atoms with Crippen molar-refractivity contribution in [3.8, 4) is 0 Å². The Bertz CT molecular complexity index is 616. The summed E-state index contributed by atoms with van der Waals surface area (Å²) in [5.41, 5.74) is 0.621. The molecular formula is C19H27N3O3. The minimum absolute atomic E-state index is 0.0366. The van der Waals surface area contributed by atoms with Crippen LogP contribution in [-0.4, -0.2) is 58.4 Å². The molecule has 3 heterocycles. The fourth-order valence-corrected chi connectivity index (χ4v) is 3.75. The highest BCUT2D eigenvalue weighted by Gasteiger charge is 2.41. The topological polar surface area (TPSA) is 62.7 Å². The summed E-state index contributed by atoms with van der Waals surface area (Å²) in [6, 6.07) is 5.67. The minimum atomic E-state index is -0.249. The number of carbonyl (C=O) groups is 2. The predicted octanol–water partition coefficient (Wildman–Crippen LogP) is 1.85. The quantitative estimate of drug-likeness (QED) is 0.817. The Labute approximate surface area is 149 Å². The number of hydrogen-bond acceptors (Lipinski definition) is 4. The van der Waals surface area contributed by atoms with E-state index in [1.807, 2.05) is 23.1 Å². The Hall–Kier alpha value is -1.95. The average molecular weight is 345 g/mol. The van der Waals surface area contributed by atoms with Crippen LogP contribution in [0.1, 0.15) is 38.8 Å². The summed E-state index contributed by atoms with van der Waals surface area (Å²) in [4.78, 5) is 33.2. The third-order valence-electron chi connectivity index (χ3n) is 5.49. The molecule has 136 valence electrons. The zero-order chi connectivity index (χ0) is 17.9. The fraction of sp³-hybridized carbons (Fsp3) is 0.632. The zero-order valence-corrected chi connectivity index (χ0v) is 15.1. The number of rotatable bonds is 5. The Balaban J connectivity index is 1.62.